The SMILES string of the molecule is CCC(N)[Si](C)(O[Si](C)(C)C)O[Si](C)(C)C. The molecule has 0 heterocycles. The number of hydrogen-bond acceptors (Lipinski definition) is 3. The average Bonchev–Trinajstić information content (AvgIpc) is 1.95. The second-order valence-corrected chi connectivity index (χ2v) is 19.3. The van der Waals surface area contributed by atoms with Crippen molar-refractivity contribution < 1.29 is 8.23 Å². The molecular weight excluding hydrogens is 250 g/mol. The van der Waals surface area contributed by atoms with E-state index in [1.807, 2.05) is 0 Å². The Labute approximate surface area is 104 Å². The molecule has 0 radical (unpaired) electrons. The van der Waals surface area contributed by atoms with Gasteiger partial charge >= 0.3 is 8.56 Å². The van der Waals surface area contributed by atoms with Gasteiger partial charge in [0.1, 0.15) is 0 Å². The quantitative estimate of drug-likeness (QED) is 0.760. The van der Waals surface area contributed by atoms with E-state index in [4.69, 9.17) is 14.0 Å². The summed E-state index contributed by atoms with van der Waals surface area (Å²) in [5.74, 6) is 0. The molecule has 0 rings (SSSR count). The Morgan fingerprint density at radius 3 is 1.38 bits per heavy atom. The fourth-order valence-corrected chi connectivity index (χ4v) is 14.0. The highest BCUT2D eigenvalue weighted by Gasteiger charge is 2.44. The summed E-state index contributed by atoms with van der Waals surface area (Å²) in [7, 11) is -5.41. The largest absolute Gasteiger partial charge is 0.436 e. The van der Waals surface area contributed by atoms with Gasteiger partial charge in [-0.2, -0.15) is 0 Å². The lowest BCUT2D eigenvalue weighted by molar-refractivity contribution is 0.363. The van der Waals surface area contributed by atoms with Crippen LogP contribution in [-0.4, -0.2) is 30.9 Å². The van der Waals surface area contributed by atoms with Crippen LogP contribution in [0.4, 0.5) is 0 Å². The molecule has 3 nitrogen and oxygen atoms in total. The molecule has 6 heteroatoms. The van der Waals surface area contributed by atoms with Gasteiger partial charge in [0.15, 0.2) is 16.6 Å². The highest BCUT2D eigenvalue weighted by Crippen LogP contribution is 2.23. The molecule has 1 atom stereocenters. The van der Waals surface area contributed by atoms with Gasteiger partial charge in [-0.25, -0.2) is 0 Å². The molecule has 98 valence electrons. The summed E-state index contributed by atoms with van der Waals surface area (Å²) in [6.07, 6.45) is 0.928. The summed E-state index contributed by atoms with van der Waals surface area (Å²) in [6.45, 7) is 17.5. The van der Waals surface area contributed by atoms with E-state index in [1.54, 1.807) is 0 Å². The third-order valence-electron chi connectivity index (χ3n) is 2.13. The van der Waals surface area contributed by atoms with Gasteiger partial charge in [-0.15, -0.1) is 0 Å². The molecule has 2 N–H and O–H groups in total. The monoisotopic (exact) mass is 279 g/mol. The van der Waals surface area contributed by atoms with Crippen molar-refractivity contribution in [2.75, 3.05) is 0 Å². The minimum Gasteiger partial charge on any atom is -0.436 e. The topological polar surface area (TPSA) is 44.5 Å². The van der Waals surface area contributed by atoms with Crippen molar-refractivity contribution in [1.82, 2.24) is 0 Å². The Hall–Kier alpha value is 0.531. The number of nitrogens with two attached hydrogens (primary N) is 1. The summed E-state index contributed by atoms with van der Waals surface area (Å²) in [6, 6.07) is 0. The van der Waals surface area contributed by atoms with Crippen LogP contribution in [0.3, 0.4) is 0 Å². The van der Waals surface area contributed by atoms with Crippen molar-refractivity contribution in [3.63, 3.8) is 0 Å². The molecule has 0 amide bonds. The molecule has 0 aliphatic heterocycles. The molecule has 0 bridgehead atoms. The predicted molar refractivity (Wildman–Crippen MR) is 78.7 cm³/mol. The first kappa shape index (κ1) is 16.5. The zero-order valence-electron chi connectivity index (χ0n) is 12.2. The Bertz CT molecular complexity index is 207. The van der Waals surface area contributed by atoms with Crippen LogP contribution in [0.15, 0.2) is 0 Å². The molecule has 0 fully saturated rings. The third-order valence-corrected chi connectivity index (χ3v) is 12.0. The van der Waals surface area contributed by atoms with Gasteiger partial charge in [0.2, 0.25) is 0 Å². The van der Waals surface area contributed by atoms with E-state index in [0.29, 0.717) is 0 Å². The summed E-state index contributed by atoms with van der Waals surface area (Å²) in [5, 5.41) is 0. The van der Waals surface area contributed by atoms with E-state index >= 15 is 0 Å². The van der Waals surface area contributed by atoms with Gasteiger partial charge in [-0.1, -0.05) is 6.92 Å². The van der Waals surface area contributed by atoms with Crippen LogP contribution >= 0.6 is 0 Å². The van der Waals surface area contributed by atoms with Crippen molar-refractivity contribution in [3.05, 3.63) is 0 Å². The van der Waals surface area contributed by atoms with E-state index in [2.05, 4.69) is 52.8 Å². The van der Waals surface area contributed by atoms with E-state index in [1.165, 1.54) is 0 Å². The maximum absolute atomic E-state index is 6.32. The highest BCUT2D eigenvalue weighted by atomic mass is 28.5. The zero-order valence-corrected chi connectivity index (χ0v) is 15.2. The zero-order chi connectivity index (χ0) is 13.2. The third kappa shape index (κ3) is 6.31. The molecule has 1 unspecified atom stereocenters. The lowest BCUT2D eigenvalue weighted by Crippen LogP contribution is -2.62. The summed E-state index contributed by atoms with van der Waals surface area (Å²) >= 11 is 0. The van der Waals surface area contributed by atoms with Crippen molar-refractivity contribution >= 4 is 25.2 Å². The fourth-order valence-electron chi connectivity index (χ4n) is 1.76. The Balaban J connectivity index is 4.90. The van der Waals surface area contributed by atoms with Crippen LogP contribution in [0.5, 0.6) is 0 Å². The number of rotatable bonds is 6. The van der Waals surface area contributed by atoms with E-state index in [-0.39, 0.29) is 5.67 Å². The minimum absolute atomic E-state index is 0.0750. The second kappa shape index (κ2) is 5.45. The molecule has 16 heavy (non-hydrogen) atoms. The normalized spacial score (nSPS) is 16.3. The van der Waals surface area contributed by atoms with Gasteiger partial charge in [0.25, 0.3) is 0 Å². The molecule has 0 aliphatic carbocycles. The molecule has 0 spiro atoms. The molecule has 0 aliphatic rings. The predicted octanol–water partition coefficient (Wildman–Crippen LogP) is 3.04. The summed E-state index contributed by atoms with van der Waals surface area (Å²) in [5.41, 5.74) is 6.30. The molecule has 0 aromatic carbocycles. The Kier molecular flexibility index (Phi) is 5.63. The Morgan fingerprint density at radius 2 is 1.19 bits per heavy atom. The first-order valence-corrected chi connectivity index (χ1v) is 15.3. The summed E-state index contributed by atoms with van der Waals surface area (Å²) < 4.78 is 12.6. The first-order valence-electron chi connectivity index (χ1n) is 6.05. The van der Waals surface area contributed by atoms with E-state index in [9.17, 15) is 0 Å². The standard InChI is InChI=1S/C10H29NO2Si3/c1-9-10(11)16(8,12-14(2,3)4)13-15(5,6)7/h10H,9,11H2,1-8H3. The van der Waals surface area contributed by atoms with Gasteiger partial charge in [-0.05, 0) is 52.2 Å². The molecule has 0 aromatic rings. The number of hydrogen-bond donors (Lipinski definition) is 1. The van der Waals surface area contributed by atoms with Crippen LogP contribution in [0, 0.1) is 0 Å². The molecule has 0 aromatic heterocycles. The van der Waals surface area contributed by atoms with Crippen LogP contribution in [0.2, 0.25) is 45.8 Å². The first-order chi connectivity index (χ1) is 6.90. The fraction of sp³-hybridized carbons (Fsp3) is 1.00. The van der Waals surface area contributed by atoms with Gasteiger partial charge < -0.3 is 14.0 Å². The van der Waals surface area contributed by atoms with Gasteiger partial charge in [-0.3, -0.25) is 0 Å². The maximum Gasteiger partial charge on any atom is 0.331 e. The van der Waals surface area contributed by atoms with Crippen molar-refractivity contribution in [1.29, 1.82) is 0 Å². The molecule has 0 saturated heterocycles. The molecule has 0 saturated carbocycles. The smallest absolute Gasteiger partial charge is 0.331 e. The van der Waals surface area contributed by atoms with E-state index < -0.39 is 25.2 Å². The maximum atomic E-state index is 6.32. The van der Waals surface area contributed by atoms with Crippen LogP contribution in [0.25, 0.3) is 0 Å². The van der Waals surface area contributed by atoms with Crippen molar-refractivity contribution in [2.45, 2.75) is 64.8 Å². The summed E-state index contributed by atoms with van der Waals surface area (Å²) in [4.78, 5) is 0. The lowest BCUT2D eigenvalue weighted by Gasteiger charge is -2.41. The van der Waals surface area contributed by atoms with Gasteiger partial charge in [0, 0.05) is 5.67 Å². The minimum atomic E-state index is -2.22. The van der Waals surface area contributed by atoms with Crippen LogP contribution in [-0.2, 0) is 8.23 Å². The van der Waals surface area contributed by atoms with Crippen molar-refractivity contribution in [3.8, 4) is 0 Å². The second-order valence-electron chi connectivity index (χ2n) is 6.46. The van der Waals surface area contributed by atoms with Crippen LogP contribution < -0.4 is 5.73 Å². The van der Waals surface area contributed by atoms with Gasteiger partial charge in [0.05, 0.1) is 0 Å². The van der Waals surface area contributed by atoms with Crippen LogP contribution in [0.1, 0.15) is 13.3 Å². The lowest BCUT2D eigenvalue weighted by atomic mass is 10.5. The molecular formula is C10H29NO2Si3. The van der Waals surface area contributed by atoms with Crippen molar-refractivity contribution in [2.24, 2.45) is 5.73 Å². The van der Waals surface area contributed by atoms with E-state index in [0.717, 1.165) is 6.42 Å². The highest BCUT2D eigenvalue weighted by molar-refractivity contribution is 6.88. The average molecular weight is 280 g/mol. The Morgan fingerprint density at radius 1 is 0.875 bits per heavy atom.